The van der Waals surface area contributed by atoms with Crippen molar-refractivity contribution in [3.05, 3.63) is 83.9 Å². The van der Waals surface area contributed by atoms with E-state index in [1.807, 2.05) is 60.7 Å². The summed E-state index contributed by atoms with van der Waals surface area (Å²) in [6.45, 7) is 0.366. The molecular weight excluding hydrogens is 400 g/mol. The average molecular weight is 427 g/mol. The van der Waals surface area contributed by atoms with Crippen molar-refractivity contribution < 1.29 is 14.4 Å². The van der Waals surface area contributed by atoms with Crippen LogP contribution >= 0.6 is 0 Å². The topological polar surface area (TPSA) is 66.5 Å². The van der Waals surface area contributed by atoms with Crippen molar-refractivity contribution in [3.8, 4) is 0 Å². The van der Waals surface area contributed by atoms with Gasteiger partial charge in [-0.1, -0.05) is 72.8 Å². The van der Waals surface area contributed by atoms with Gasteiger partial charge in [0.2, 0.25) is 17.7 Å². The highest BCUT2D eigenvalue weighted by Crippen LogP contribution is 2.65. The molecule has 5 aliphatic rings. The van der Waals surface area contributed by atoms with Crippen LogP contribution in [0.15, 0.2) is 72.8 Å². The Morgan fingerprint density at radius 1 is 0.844 bits per heavy atom. The van der Waals surface area contributed by atoms with Gasteiger partial charge in [0.15, 0.2) is 0 Å². The SMILES string of the molecule is O=C(NCc1ccccc1)[C@H](Cc1ccccc1)N1C(=O)[C@H]2[C@@H]3C=C[C@H]([C@@H]4C[C@H]34)[C@@H]2C1=O. The van der Waals surface area contributed by atoms with Crippen molar-refractivity contribution in [1.29, 1.82) is 0 Å². The summed E-state index contributed by atoms with van der Waals surface area (Å²) < 4.78 is 0. The Hall–Kier alpha value is -3.21. The molecule has 0 aromatic heterocycles. The van der Waals surface area contributed by atoms with E-state index in [2.05, 4.69) is 17.5 Å². The molecule has 1 saturated heterocycles. The van der Waals surface area contributed by atoms with Crippen LogP contribution in [0.4, 0.5) is 0 Å². The molecule has 7 rings (SSSR count). The molecular formula is C27H26N2O3. The quantitative estimate of drug-likeness (QED) is 0.571. The fourth-order valence-corrected chi connectivity index (χ4v) is 6.33. The van der Waals surface area contributed by atoms with Gasteiger partial charge in [0.1, 0.15) is 6.04 Å². The molecule has 1 heterocycles. The predicted molar refractivity (Wildman–Crippen MR) is 119 cm³/mol. The van der Waals surface area contributed by atoms with Crippen molar-refractivity contribution in [3.63, 3.8) is 0 Å². The highest BCUT2D eigenvalue weighted by molar-refractivity contribution is 6.09. The molecule has 2 aromatic rings. The third-order valence-electron chi connectivity index (χ3n) is 7.89. The van der Waals surface area contributed by atoms with E-state index in [9.17, 15) is 14.4 Å². The fraction of sp³-hybridized carbons (Fsp3) is 0.370. The molecule has 1 aliphatic heterocycles. The van der Waals surface area contributed by atoms with Gasteiger partial charge in [-0.15, -0.1) is 0 Å². The summed E-state index contributed by atoms with van der Waals surface area (Å²) in [6, 6.07) is 18.5. The number of carbonyl (C=O) groups excluding carboxylic acids is 3. The second-order valence-corrected chi connectivity index (χ2v) is 9.61. The van der Waals surface area contributed by atoms with E-state index in [1.54, 1.807) is 0 Å². The first kappa shape index (κ1) is 19.5. The summed E-state index contributed by atoms with van der Waals surface area (Å²) in [5.41, 5.74) is 1.92. The highest BCUT2D eigenvalue weighted by atomic mass is 16.2. The normalized spacial score (nSPS) is 32.4. The molecule has 32 heavy (non-hydrogen) atoms. The Morgan fingerprint density at radius 3 is 1.94 bits per heavy atom. The van der Waals surface area contributed by atoms with Crippen LogP contribution in [0.1, 0.15) is 17.5 Å². The number of nitrogens with one attached hydrogen (secondary N) is 1. The Morgan fingerprint density at radius 2 is 1.38 bits per heavy atom. The van der Waals surface area contributed by atoms with Crippen LogP contribution in [0.2, 0.25) is 0 Å². The van der Waals surface area contributed by atoms with Crippen molar-refractivity contribution >= 4 is 17.7 Å². The predicted octanol–water partition coefficient (Wildman–Crippen LogP) is 2.97. The zero-order valence-corrected chi connectivity index (χ0v) is 17.8. The van der Waals surface area contributed by atoms with E-state index in [0.717, 1.165) is 17.5 Å². The molecule has 7 atom stereocenters. The number of carbonyl (C=O) groups is 3. The lowest BCUT2D eigenvalue weighted by molar-refractivity contribution is -0.148. The molecule has 4 aliphatic carbocycles. The first-order valence-electron chi connectivity index (χ1n) is 11.5. The Labute approximate surface area is 187 Å². The van der Waals surface area contributed by atoms with E-state index >= 15 is 0 Å². The third-order valence-corrected chi connectivity index (χ3v) is 7.89. The van der Waals surface area contributed by atoms with E-state index < -0.39 is 6.04 Å². The zero-order chi connectivity index (χ0) is 21.8. The molecule has 3 fully saturated rings. The van der Waals surface area contributed by atoms with Crippen LogP contribution in [0.3, 0.4) is 0 Å². The van der Waals surface area contributed by atoms with Gasteiger partial charge in [-0.25, -0.2) is 0 Å². The Kier molecular flexibility index (Phi) is 4.53. The van der Waals surface area contributed by atoms with Crippen LogP contribution in [0.25, 0.3) is 0 Å². The van der Waals surface area contributed by atoms with Gasteiger partial charge in [-0.05, 0) is 41.2 Å². The van der Waals surface area contributed by atoms with Gasteiger partial charge in [0.05, 0.1) is 11.8 Å². The maximum absolute atomic E-state index is 13.6. The Balaban J connectivity index is 1.29. The molecule has 2 aromatic carbocycles. The largest absolute Gasteiger partial charge is 0.350 e. The number of hydrogen-bond donors (Lipinski definition) is 1. The van der Waals surface area contributed by atoms with Gasteiger partial charge in [-0.2, -0.15) is 0 Å². The molecule has 2 bridgehead atoms. The maximum Gasteiger partial charge on any atom is 0.243 e. The molecule has 0 unspecified atom stereocenters. The molecule has 2 saturated carbocycles. The number of amides is 3. The molecule has 5 heteroatoms. The smallest absolute Gasteiger partial charge is 0.243 e. The molecule has 162 valence electrons. The number of likely N-dealkylation sites (tertiary alicyclic amines) is 1. The third kappa shape index (κ3) is 3.02. The van der Waals surface area contributed by atoms with Crippen LogP contribution in [0, 0.1) is 35.5 Å². The van der Waals surface area contributed by atoms with Crippen LogP contribution in [-0.4, -0.2) is 28.7 Å². The molecule has 0 spiro atoms. The first-order chi connectivity index (χ1) is 15.6. The van der Waals surface area contributed by atoms with Gasteiger partial charge in [0, 0.05) is 13.0 Å². The minimum atomic E-state index is -0.831. The van der Waals surface area contributed by atoms with Crippen LogP contribution in [0.5, 0.6) is 0 Å². The van der Waals surface area contributed by atoms with Crippen molar-refractivity contribution in [2.75, 3.05) is 0 Å². The van der Waals surface area contributed by atoms with E-state index in [1.165, 1.54) is 4.90 Å². The lowest BCUT2D eigenvalue weighted by Crippen LogP contribution is -2.51. The van der Waals surface area contributed by atoms with E-state index in [4.69, 9.17) is 0 Å². The maximum atomic E-state index is 13.6. The number of hydrogen-bond acceptors (Lipinski definition) is 3. The van der Waals surface area contributed by atoms with Crippen LogP contribution in [-0.2, 0) is 27.3 Å². The van der Waals surface area contributed by atoms with Crippen molar-refractivity contribution in [1.82, 2.24) is 10.2 Å². The number of benzene rings is 2. The van der Waals surface area contributed by atoms with Gasteiger partial charge < -0.3 is 5.32 Å². The van der Waals surface area contributed by atoms with E-state index in [0.29, 0.717) is 24.8 Å². The Bertz CT molecular complexity index is 1060. The molecule has 0 radical (unpaired) electrons. The van der Waals surface area contributed by atoms with E-state index in [-0.39, 0.29) is 41.4 Å². The number of rotatable bonds is 6. The zero-order valence-electron chi connectivity index (χ0n) is 17.8. The highest BCUT2D eigenvalue weighted by Gasteiger charge is 2.67. The summed E-state index contributed by atoms with van der Waals surface area (Å²) in [5.74, 6) is 0.236. The summed E-state index contributed by atoms with van der Waals surface area (Å²) in [5, 5.41) is 2.97. The standard InChI is InChI=1S/C27H26N2O3/c30-25(28-15-17-9-5-2-6-10-17)22(13-16-7-3-1-4-8-16)29-26(31)23-18-11-12-19(21-14-20(18)21)24(23)27(29)32/h1-12,18-24H,13-15H2,(H,28,30)/t18-,19-,20-,21+,22+,23+,24+/m1/s1. The number of nitrogens with zero attached hydrogens (tertiary/aromatic N) is 1. The lowest BCUT2D eigenvalue weighted by atomic mass is 9.63. The van der Waals surface area contributed by atoms with Crippen molar-refractivity contribution in [2.45, 2.75) is 25.4 Å². The van der Waals surface area contributed by atoms with Gasteiger partial charge in [-0.3, -0.25) is 19.3 Å². The molecule has 5 nitrogen and oxygen atoms in total. The first-order valence-corrected chi connectivity index (χ1v) is 11.5. The molecule has 1 N–H and O–H groups in total. The minimum Gasteiger partial charge on any atom is -0.350 e. The summed E-state index contributed by atoms with van der Waals surface area (Å²) in [6.07, 6.45) is 5.78. The fourth-order valence-electron chi connectivity index (χ4n) is 6.33. The lowest BCUT2D eigenvalue weighted by Gasteiger charge is -2.37. The second-order valence-electron chi connectivity index (χ2n) is 9.61. The van der Waals surface area contributed by atoms with Crippen molar-refractivity contribution in [2.24, 2.45) is 35.5 Å². The van der Waals surface area contributed by atoms with Gasteiger partial charge in [0.25, 0.3) is 0 Å². The monoisotopic (exact) mass is 426 g/mol. The average Bonchev–Trinajstić information content (AvgIpc) is 3.61. The molecule has 3 amide bonds. The summed E-state index contributed by atoms with van der Waals surface area (Å²) >= 11 is 0. The number of imide groups is 1. The summed E-state index contributed by atoms with van der Waals surface area (Å²) in [4.78, 5) is 41.9. The summed E-state index contributed by atoms with van der Waals surface area (Å²) in [7, 11) is 0. The van der Waals surface area contributed by atoms with Gasteiger partial charge >= 0.3 is 0 Å². The van der Waals surface area contributed by atoms with Crippen LogP contribution < -0.4 is 5.32 Å². The number of allylic oxidation sites excluding steroid dienone is 2. The minimum absolute atomic E-state index is 0.152. The second kappa shape index (κ2) is 7.44.